The van der Waals surface area contributed by atoms with E-state index in [1.165, 1.54) is 0 Å². The minimum absolute atomic E-state index is 0.0860. The SMILES string of the molecule is Cc1ccc(C(=O)NC2CC2)cc1-n1ccnc(NC2(c3ccccc3OCCNCCO)CCC2)c1=O. The van der Waals surface area contributed by atoms with Crippen LogP contribution in [0.1, 0.15) is 53.6 Å². The summed E-state index contributed by atoms with van der Waals surface area (Å²) < 4.78 is 7.64. The van der Waals surface area contributed by atoms with Gasteiger partial charge in [0.1, 0.15) is 12.4 Å². The molecule has 2 aliphatic carbocycles. The zero-order chi connectivity index (χ0) is 26.5. The second-order valence-corrected chi connectivity index (χ2v) is 10.1. The van der Waals surface area contributed by atoms with Crippen molar-refractivity contribution < 1.29 is 14.6 Å². The Balaban J connectivity index is 1.40. The molecule has 0 radical (unpaired) electrons. The molecule has 200 valence electrons. The Kier molecular flexibility index (Phi) is 7.76. The molecule has 1 heterocycles. The summed E-state index contributed by atoms with van der Waals surface area (Å²) in [5.74, 6) is 0.914. The van der Waals surface area contributed by atoms with Crippen molar-refractivity contribution in [3.05, 3.63) is 81.9 Å². The monoisotopic (exact) mass is 517 g/mol. The highest BCUT2D eigenvalue weighted by Crippen LogP contribution is 2.46. The number of hydrogen-bond donors (Lipinski definition) is 4. The number of ether oxygens (including phenoxy) is 1. The molecule has 4 N–H and O–H groups in total. The minimum Gasteiger partial charge on any atom is -0.492 e. The van der Waals surface area contributed by atoms with Crippen molar-refractivity contribution >= 4 is 11.7 Å². The highest BCUT2D eigenvalue weighted by Gasteiger charge is 2.41. The molecule has 0 aliphatic heterocycles. The fourth-order valence-electron chi connectivity index (χ4n) is 4.84. The number of benzene rings is 2. The average molecular weight is 518 g/mol. The fraction of sp³-hybridized carbons (Fsp3) is 0.414. The second kappa shape index (κ2) is 11.4. The minimum atomic E-state index is -0.457. The van der Waals surface area contributed by atoms with Crippen molar-refractivity contribution in [3.63, 3.8) is 0 Å². The Bertz CT molecular complexity index is 1350. The predicted molar refractivity (Wildman–Crippen MR) is 146 cm³/mol. The van der Waals surface area contributed by atoms with E-state index in [-0.39, 0.29) is 29.9 Å². The van der Waals surface area contributed by atoms with Gasteiger partial charge >= 0.3 is 0 Å². The Morgan fingerprint density at radius 2 is 2.00 bits per heavy atom. The number of para-hydroxylation sites is 1. The average Bonchev–Trinajstić information content (AvgIpc) is 3.72. The van der Waals surface area contributed by atoms with Gasteiger partial charge in [0, 0.05) is 42.7 Å². The van der Waals surface area contributed by atoms with E-state index < -0.39 is 5.54 Å². The maximum atomic E-state index is 13.7. The van der Waals surface area contributed by atoms with Gasteiger partial charge in [0.05, 0.1) is 17.8 Å². The number of aromatic nitrogens is 2. The number of nitrogens with one attached hydrogen (secondary N) is 3. The standard InChI is InChI=1S/C29H35N5O4/c1-20-7-8-21(27(36)32-22-9-10-22)19-24(20)34-16-13-31-26(28(34)37)33-29(11-4-12-29)23-5-2-3-6-25(23)38-18-15-30-14-17-35/h2-3,5-8,13,16,19,22,30,35H,4,9-12,14-15,17-18H2,1H3,(H,31,33)(H,32,36). The molecule has 38 heavy (non-hydrogen) atoms. The molecule has 1 aromatic heterocycles. The lowest BCUT2D eigenvalue weighted by Crippen LogP contribution is -2.44. The van der Waals surface area contributed by atoms with Crippen LogP contribution in [0, 0.1) is 6.92 Å². The number of hydrogen-bond acceptors (Lipinski definition) is 7. The van der Waals surface area contributed by atoms with Crippen molar-refractivity contribution in [2.24, 2.45) is 0 Å². The van der Waals surface area contributed by atoms with Crippen LogP contribution in [0.15, 0.2) is 59.7 Å². The molecular weight excluding hydrogens is 482 g/mol. The summed E-state index contributed by atoms with van der Waals surface area (Å²) in [6, 6.07) is 13.6. The molecule has 2 aliphatic rings. The third-order valence-electron chi connectivity index (χ3n) is 7.28. The quantitative estimate of drug-likeness (QED) is 0.273. The first-order valence-corrected chi connectivity index (χ1v) is 13.3. The van der Waals surface area contributed by atoms with Gasteiger partial charge in [0.25, 0.3) is 11.5 Å². The third kappa shape index (κ3) is 5.58. The topological polar surface area (TPSA) is 118 Å². The number of aliphatic hydroxyl groups excluding tert-OH is 1. The normalized spacial score (nSPS) is 15.9. The van der Waals surface area contributed by atoms with Gasteiger partial charge in [-0.1, -0.05) is 24.3 Å². The van der Waals surface area contributed by atoms with Crippen LogP contribution in [0.5, 0.6) is 5.75 Å². The molecule has 2 saturated carbocycles. The van der Waals surface area contributed by atoms with Crippen LogP contribution >= 0.6 is 0 Å². The number of carbonyl (C=O) groups excluding carboxylic acids is 1. The largest absolute Gasteiger partial charge is 0.492 e. The van der Waals surface area contributed by atoms with Crippen LogP contribution in [-0.2, 0) is 5.54 Å². The second-order valence-electron chi connectivity index (χ2n) is 10.1. The van der Waals surface area contributed by atoms with E-state index in [4.69, 9.17) is 9.84 Å². The molecule has 1 amide bonds. The van der Waals surface area contributed by atoms with E-state index in [1.807, 2.05) is 37.3 Å². The number of rotatable bonds is 12. The van der Waals surface area contributed by atoms with E-state index in [1.54, 1.807) is 29.1 Å². The molecule has 9 nitrogen and oxygen atoms in total. The summed E-state index contributed by atoms with van der Waals surface area (Å²) in [6.45, 7) is 3.62. The number of anilines is 1. The van der Waals surface area contributed by atoms with E-state index in [2.05, 4.69) is 20.9 Å². The maximum Gasteiger partial charge on any atom is 0.297 e. The Morgan fingerprint density at radius 1 is 1.18 bits per heavy atom. The van der Waals surface area contributed by atoms with Crippen molar-refractivity contribution in [1.82, 2.24) is 20.2 Å². The van der Waals surface area contributed by atoms with E-state index >= 15 is 0 Å². The lowest BCUT2D eigenvalue weighted by atomic mass is 9.71. The molecule has 9 heteroatoms. The molecule has 3 aromatic rings. The summed E-state index contributed by atoms with van der Waals surface area (Å²) in [4.78, 5) is 30.7. The van der Waals surface area contributed by atoms with Crippen molar-refractivity contribution in [2.45, 2.75) is 50.6 Å². The molecule has 0 spiro atoms. The van der Waals surface area contributed by atoms with Gasteiger partial charge in [0.2, 0.25) is 0 Å². The molecule has 0 atom stereocenters. The smallest absolute Gasteiger partial charge is 0.297 e. The molecule has 0 saturated heterocycles. The Morgan fingerprint density at radius 3 is 2.74 bits per heavy atom. The van der Waals surface area contributed by atoms with Gasteiger partial charge in [-0.2, -0.15) is 0 Å². The summed E-state index contributed by atoms with van der Waals surface area (Å²) >= 11 is 0. The summed E-state index contributed by atoms with van der Waals surface area (Å²) in [5, 5.41) is 18.6. The zero-order valence-electron chi connectivity index (χ0n) is 21.7. The van der Waals surface area contributed by atoms with Crippen LogP contribution < -0.4 is 26.2 Å². The van der Waals surface area contributed by atoms with Crippen LogP contribution in [0.2, 0.25) is 0 Å². The summed E-state index contributed by atoms with van der Waals surface area (Å²) in [7, 11) is 0. The molecular formula is C29H35N5O4. The van der Waals surface area contributed by atoms with Crippen molar-refractivity contribution in [2.75, 3.05) is 31.6 Å². The van der Waals surface area contributed by atoms with E-state index in [0.29, 0.717) is 30.9 Å². The van der Waals surface area contributed by atoms with Gasteiger partial charge in [-0.05, 0) is 62.8 Å². The van der Waals surface area contributed by atoms with Gasteiger partial charge in [0.15, 0.2) is 5.82 Å². The Labute approximate surface area is 222 Å². The number of aryl methyl sites for hydroxylation is 1. The van der Waals surface area contributed by atoms with Gasteiger partial charge < -0.3 is 25.8 Å². The fourth-order valence-corrected chi connectivity index (χ4v) is 4.84. The first-order chi connectivity index (χ1) is 18.5. The van der Waals surface area contributed by atoms with Crippen LogP contribution in [-0.4, -0.2) is 52.9 Å². The summed E-state index contributed by atoms with van der Waals surface area (Å²) in [5.41, 5.74) is 2.35. The van der Waals surface area contributed by atoms with Crippen molar-refractivity contribution in [1.29, 1.82) is 0 Å². The predicted octanol–water partition coefficient (Wildman–Crippen LogP) is 2.89. The molecule has 0 bridgehead atoms. The lowest BCUT2D eigenvalue weighted by Gasteiger charge is -2.44. The number of carbonyl (C=O) groups is 1. The molecule has 2 aromatic carbocycles. The maximum absolute atomic E-state index is 13.7. The Hall–Kier alpha value is -3.69. The molecule has 0 unspecified atom stereocenters. The zero-order valence-corrected chi connectivity index (χ0v) is 21.7. The van der Waals surface area contributed by atoms with Gasteiger partial charge in [-0.3, -0.25) is 14.2 Å². The van der Waals surface area contributed by atoms with E-state index in [9.17, 15) is 9.59 Å². The number of amides is 1. The summed E-state index contributed by atoms with van der Waals surface area (Å²) in [6.07, 6.45) is 8.01. The third-order valence-corrected chi connectivity index (χ3v) is 7.28. The number of aliphatic hydroxyl groups is 1. The molecule has 5 rings (SSSR count). The van der Waals surface area contributed by atoms with Gasteiger partial charge in [-0.15, -0.1) is 0 Å². The highest BCUT2D eigenvalue weighted by molar-refractivity contribution is 5.95. The van der Waals surface area contributed by atoms with Crippen molar-refractivity contribution in [3.8, 4) is 11.4 Å². The first kappa shape index (κ1) is 25.9. The number of nitrogens with zero attached hydrogens (tertiary/aromatic N) is 2. The first-order valence-electron chi connectivity index (χ1n) is 13.3. The van der Waals surface area contributed by atoms with Gasteiger partial charge in [-0.25, -0.2) is 4.98 Å². The lowest BCUT2D eigenvalue weighted by molar-refractivity contribution is 0.0951. The van der Waals surface area contributed by atoms with Crippen LogP contribution in [0.4, 0.5) is 5.82 Å². The van der Waals surface area contributed by atoms with Crippen LogP contribution in [0.3, 0.4) is 0 Å². The highest BCUT2D eigenvalue weighted by atomic mass is 16.5. The van der Waals surface area contributed by atoms with E-state index in [0.717, 1.165) is 49.0 Å². The van der Waals surface area contributed by atoms with Crippen LogP contribution in [0.25, 0.3) is 5.69 Å². The molecule has 2 fully saturated rings.